The Kier molecular flexibility index (Phi) is 7.29. The number of carbonyl (C=O) groups is 1. The summed E-state index contributed by atoms with van der Waals surface area (Å²) in [5, 5.41) is 12.4. The lowest BCUT2D eigenvalue weighted by Crippen LogP contribution is -2.54. The molecule has 0 radical (unpaired) electrons. The van der Waals surface area contributed by atoms with E-state index in [-0.39, 0.29) is 12.5 Å². The highest BCUT2D eigenvalue weighted by molar-refractivity contribution is 5.94. The second kappa shape index (κ2) is 10.4. The number of likely N-dealkylation sites (N-methyl/N-ethyl adjacent to an activating group) is 2. The van der Waals surface area contributed by atoms with Crippen LogP contribution in [0.3, 0.4) is 0 Å². The van der Waals surface area contributed by atoms with Gasteiger partial charge in [0, 0.05) is 61.9 Å². The maximum atomic E-state index is 13.0. The molecule has 1 amide bonds. The normalized spacial score (nSPS) is 18.3. The fourth-order valence-corrected chi connectivity index (χ4v) is 4.47. The number of carbonyl (C=O) groups excluding carboxylic acids is 1. The molecule has 3 heterocycles. The Morgan fingerprint density at radius 3 is 2.71 bits per heavy atom. The van der Waals surface area contributed by atoms with Gasteiger partial charge in [0.15, 0.2) is 0 Å². The summed E-state index contributed by atoms with van der Waals surface area (Å²) in [7, 11) is 5.74. The van der Waals surface area contributed by atoms with E-state index >= 15 is 0 Å². The van der Waals surface area contributed by atoms with E-state index in [0.29, 0.717) is 25.1 Å². The molecule has 0 saturated carbocycles. The molecule has 8 nitrogen and oxygen atoms in total. The van der Waals surface area contributed by atoms with Gasteiger partial charge in [0.1, 0.15) is 12.4 Å². The van der Waals surface area contributed by atoms with Crippen LogP contribution in [0.2, 0.25) is 0 Å². The summed E-state index contributed by atoms with van der Waals surface area (Å²) in [6, 6.07) is 11.0. The van der Waals surface area contributed by atoms with Gasteiger partial charge in [-0.25, -0.2) is 0 Å². The summed E-state index contributed by atoms with van der Waals surface area (Å²) < 4.78 is 5.71. The van der Waals surface area contributed by atoms with E-state index < -0.39 is 5.60 Å². The zero-order valence-electron chi connectivity index (χ0n) is 20.1. The van der Waals surface area contributed by atoms with Crippen molar-refractivity contribution in [2.45, 2.75) is 18.4 Å². The van der Waals surface area contributed by atoms with Gasteiger partial charge in [0.05, 0.1) is 17.7 Å². The molecule has 4 rings (SSSR count). The van der Waals surface area contributed by atoms with Crippen molar-refractivity contribution in [3.05, 3.63) is 60.6 Å². The number of ether oxygens (including phenoxy) is 1. The van der Waals surface area contributed by atoms with Gasteiger partial charge in [-0.2, -0.15) is 0 Å². The number of pyridine rings is 2. The first-order chi connectivity index (χ1) is 16.3. The van der Waals surface area contributed by atoms with Gasteiger partial charge in [-0.05, 0) is 63.3 Å². The lowest BCUT2D eigenvalue weighted by atomic mass is 9.91. The minimum absolute atomic E-state index is 0.121. The van der Waals surface area contributed by atoms with Gasteiger partial charge in [0.25, 0.3) is 5.91 Å². The van der Waals surface area contributed by atoms with Crippen LogP contribution in [0.15, 0.2) is 55.0 Å². The number of benzene rings is 1. The molecule has 1 aliphatic rings. The molecular weight excluding hydrogens is 430 g/mol. The molecule has 0 unspecified atom stereocenters. The van der Waals surface area contributed by atoms with Crippen LogP contribution in [0.25, 0.3) is 10.9 Å². The maximum absolute atomic E-state index is 13.0. The van der Waals surface area contributed by atoms with Crippen LogP contribution < -0.4 is 9.64 Å². The Hall–Kier alpha value is -3.23. The molecule has 0 aliphatic carbocycles. The highest BCUT2D eigenvalue weighted by atomic mass is 16.5. The number of hydrogen-bond donors (Lipinski definition) is 1. The third-order valence-electron chi connectivity index (χ3n) is 6.20. The van der Waals surface area contributed by atoms with Crippen molar-refractivity contribution in [3.8, 4) is 5.75 Å². The lowest BCUT2D eigenvalue weighted by Gasteiger charge is -2.42. The molecule has 180 valence electrons. The van der Waals surface area contributed by atoms with Gasteiger partial charge in [0.2, 0.25) is 0 Å². The number of aliphatic hydroxyl groups is 1. The molecule has 1 aliphatic heterocycles. The smallest absolute Gasteiger partial charge is 0.253 e. The molecule has 3 aromatic rings. The predicted octanol–water partition coefficient (Wildman–Crippen LogP) is 2.67. The zero-order chi connectivity index (χ0) is 24.1. The second-order valence-corrected chi connectivity index (χ2v) is 9.31. The Morgan fingerprint density at radius 1 is 1.15 bits per heavy atom. The van der Waals surface area contributed by atoms with Crippen LogP contribution >= 0.6 is 0 Å². The Bertz CT molecular complexity index is 1120. The molecule has 1 aromatic carbocycles. The fraction of sp³-hybridized carbons (Fsp3) is 0.423. The summed E-state index contributed by atoms with van der Waals surface area (Å²) in [5.41, 5.74) is 1.46. The predicted molar refractivity (Wildman–Crippen MR) is 133 cm³/mol. The molecule has 34 heavy (non-hydrogen) atoms. The summed E-state index contributed by atoms with van der Waals surface area (Å²) in [4.78, 5) is 27.5. The molecule has 0 spiro atoms. The molecule has 1 atom stereocenters. The zero-order valence-corrected chi connectivity index (χ0v) is 20.1. The van der Waals surface area contributed by atoms with Crippen LogP contribution in [0.5, 0.6) is 5.75 Å². The van der Waals surface area contributed by atoms with Gasteiger partial charge in [-0.15, -0.1) is 0 Å². The van der Waals surface area contributed by atoms with E-state index in [2.05, 4.69) is 19.8 Å². The first-order valence-corrected chi connectivity index (χ1v) is 11.6. The Balaban J connectivity index is 1.40. The van der Waals surface area contributed by atoms with Crippen molar-refractivity contribution in [1.29, 1.82) is 0 Å². The van der Waals surface area contributed by atoms with E-state index in [4.69, 9.17) is 4.74 Å². The van der Waals surface area contributed by atoms with Crippen LogP contribution in [0.1, 0.15) is 23.2 Å². The van der Waals surface area contributed by atoms with Gasteiger partial charge in [-0.3, -0.25) is 14.8 Å². The number of anilines is 1. The number of aromatic nitrogens is 2. The van der Waals surface area contributed by atoms with E-state index in [1.807, 2.05) is 44.6 Å². The van der Waals surface area contributed by atoms with Crippen molar-refractivity contribution in [3.63, 3.8) is 0 Å². The fourth-order valence-electron chi connectivity index (χ4n) is 4.47. The molecule has 2 aromatic heterocycles. The molecule has 8 heteroatoms. The number of amides is 1. The topological polar surface area (TPSA) is 82.0 Å². The van der Waals surface area contributed by atoms with Crippen LogP contribution in [0, 0.1) is 0 Å². The van der Waals surface area contributed by atoms with Gasteiger partial charge in [-0.1, -0.05) is 0 Å². The van der Waals surface area contributed by atoms with Crippen molar-refractivity contribution in [2.75, 3.05) is 58.8 Å². The van der Waals surface area contributed by atoms with Crippen LogP contribution in [0.4, 0.5) is 5.69 Å². The minimum Gasteiger partial charge on any atom is -0.492 e. The van der Waals surface area contributed by atoms with E-state index in [9.17, 15) is 9.90 Å². The third-order valence-corrected chi connectivity index (χ3v) is 6.20. The van der Waals surface area contributed by atoms with Gasteiger partial charge < -0.3 is 24.5 Å². The number of rotatable bonds is 8. The van der Waals surface area contributed by atoms with Crippen molar-refractivity contribution < 1.29 is 14.6 Å². The first kappa shape index (κ1) is 23.9. The standard InChI is InChI=1S/C26H33N5O3/c1-29(2)15-16-34-21-7-5-20(6-8-21)25(32)30(3)18-26(33)11-4-14-31(19-26)24-10-13-28-23-9-12-27-17-22(23)24/h5-10,12-13,17,33H,4,11,14-16,18-19H2,1-3H3/t26-/m1/s1. The van der Waals surface area contributed by atoms with E-state index in [0.717, 1.165) is 41.9 Å². The molecule has 1 fully saturated rings. The van der Waals surface area contributed by atoms with E-state index in [1.54, 1.807) is 36.5 Å². The minimum atomic E-state index is -1.00. The average Bonchev–Trinajstić information content (AvgIpc) is 2.83. The first-order valence-electron chi connectivity index (χ1n) is 11.6. The largest absolute Gasteiger partial charge is 0.492 e. The SMILES string of the molecule is CN(C)CCOc1ccc(C(=O)N(C)C[C@]2(O)CCCN(c3ccnc4ccncc34)C2)cc1. The number of nitrogens with zero attached hydrogens (tertiary/aromatic N) is 5. The molecule has 1 N–H and O–H groups in total. The number of fused-ring (bicyclic) bond motifs is 1. The Morgan fingerprint density at radius 2 is 1.94 bits per heavy atom. The maximum Gasteiger partial charge on any atom is 0.253 e. The summed E-state index contributed by atoms with van der Waals surface area (Å²) in [6.45, 7) is 2.95. The number of hydrogen-bond acceptors (Lipinski definition) is 7. The second-order valence-electron chi connectivity index (χ2n) is 9.31. The molecule has 1 saturated heterocycles. The monoisotopic (exact) mass is 463 g/mol. The molecular formula is C26H33N5O3. The van der Waals surface area contributed by atoms with Crippen molar-refractivity contribution in [2.24, 2.45) is 0 Å². The lowest BCUT2D eigenvalue weighted by molar-refractivity contribution is 0.0000658. The summed E-state index contributed by atoms with van der Waals surface area (Å²) >= 11 is 0. The van der Waals surface area contributed by atoms with Crippen LogP contribution in [-0.4, -0.2) is 90.3 Å². The highest BCUT2D eigenvalue weighted by Crippen LogP contribution is 2.31. The highest BCUT2D eigenvalue weighted by Gasteiger charge is 2.36. The van der Waals surface area contributed by atoms with Crippen molar-refractivity contribution >= 4 is 22.5 Å². The Labute approximate surface area is 200 Å². The van der Waals surface area contributed by atoms with E-state index in [1.165, 1.54) is 0 Å². The average molecular weight is 464 g/mol. The van der Waals surface area contributed by atoms with Crippen molar-refractivity contribution in [1.82, 2.24) is 19.8 Å². The molecule has 0 bridgehead atoms. The summed E-state index contributed by atoms with van der Waals surface area (Å²) in [6.07, 6.45) is 6.81. The third kappa shape index (κ3) is 5.63. The number of piperidine rings is 1. The van der Waals surface area contributed by atoms with Gasteiger partial charge >= 0.3 is 0 Å². The van der Waals surface area contributed by atoms with Crippen LogP contribution in [-0.2, 0) is 0 Å². The quantitative estimate of drug-likeness (QED) is 0.550. The summed E-state index contributed by atoms with van der Waals surface area (Å²) in [5.74, 6) is 0.616. The number of β-amino-alcohol motifs (C(OH)–C–C–N with tert-alkyl or cyclic N) is 1.